The quantitative estimate of drug-likeness (QED) is 0.416. The highest BCUT2D eigenvalue weighted by atomic mass is 32.2. The molecular weight excluding hydrogens is 405 g/mol. The van der Waals surface area contributed by atoms with Gasteiger partial charge in [0.1, 0.15) is 11.6 Å². The second-order valence-corrected chi connectivity index (χ2v) is 9.68. The second kappa shape index (κ2) is 8.43. The van der Waals surface area contributed by atoms with Crippen molar-refractivity contribution in [3.05, 3.63) is 83.2 Å². The molecule has 0 fully saturated rings. The van der Waals surface area contributed by atoms with E-state index in [1.165, 1.54) is 39.3 Å². The van der Waals surface area contributed by atoms with E-state index in [1.54, 1.807) is 7.11 Å². The van der Waals surface area contributed by atoms with Gasteiger partial charge in [0, 0.05) is 33.5 Å². The van der Waals surface area contributed by atoms with Crippen molar-refractivity contribution in [2.75, 3.05) is 12.4 Å². The zero-order valence-corrected chi connectivity index (χ0v) is 19.5. The van der Waals surface area contributed by atoms with Gasteiger partial charge in [0.05, 0.1) is 12.6 Å². The van der Waals surface area contributed by atoms with Crippen LogP contribution in [0.1, 0.15) is 37.5 Å². The predicted octanol–water partition coefficient (Wildman–Crippen LogP) is 7.71. The van der Waals surface area contributed by atoms with Crippen LogP contribution in [0.25, 0.3) is 16.7 Å². The van der Waals surface area contributed by atoms with E-state index in [9.17, 15) is 4.39 Å². The van der Waals surface area contributed by atoms with E-state index < -0.39 is 0 Å². The van der Waals surface area contributed by atoms with Gasteiger partial charge < -0.3 is 10.1 Å². The molecule has 0 amide bonds. The maximum atomic E-state index is 13.9. The summed E-state index contributed by atoms with van der Waals surface area (Å²) in [7, 11) is 1.59. The van der Waals surface area contributed by atoms with Gasteiger partial charge >= 0.3 is 0 Å². The molecule has 0 saturated heterocycles. The summed E-state index contributed by atoms with van der Waals surface area (Å²) in [6.07, 6.45) is 2.28. The van der Waals surface area contributed by atoms with Gasteiger partial charge in [0.2, 0.25) is 0 Å². The van der Waals surface area contributed by atoms with Gasteiger partial charge in [-0.1, -0.05) is 29.8 Å². The number of anilines is 1. The van der Waals surface area contributed by atoms with Crippen molar-refractivity contribution in [2.45, 2.75) is 43.9 Å². The van der Waals surface area contributed by atoms with Crippen LogP contribution in [0.5, 0.6) is 5.75 Å². The van der Waals surface area contributed by atoms with Crippen molar-refractivity contribution >= 4 is 23.0 Å². The van der Waals surface area contributed by atoms with Gasteiger partial charge in [0.15, 0.2) is 0 Å². The first-order chi connectivity index (χ1) is 14.8. The number of allylic oxidation sites excluding steroid dienone is 1. The van der Waals surface area contributed by atoms with Gasteiger partial charge in [-0.3, -0.25) is 0 Å². The predicted molar refractivity (Wildman–Crippen MR) is 130 cm³/mol. The second-order valence-electron chi connectivity index (χ2n) is 8.63. The molecule has 3 aromatic rings. The van der Waals surface area contributed by atoms with Crippen molar-refractivity contribution in [2.24, 2.45) is 0 Å². The molecule has 0 aliphatic carbocycles. The van der Waals surface area contributed by atoms with E-state index in [0.717, 1.165) is 22.6 Å². The van der Waals surface area contributed by atoms with Crippen molar-refractivity contribution < 1.29 is 9.13 Å². The molecule has 4 heteroatoms. The van der Waals surface area contributed by atoms with Gasteiger partial charge in [-0.2, -0.15) is 0 Å². The minimum Gasteiger partial charge on any atom is -0.496 e. The van der Waals surface area contributed by atoms with Gasteiger partial charge in [0.25, 0.3) is 0 Å². The number of hydrogen-bond donors (Lipinski definition) is 1. The summed E-state index contributed by atoms with van der Waals surface area (Å²) in [6.45, 7) is 8.63. The third-order valence-electron chi connectivity index (χ3n) is 5.60. The lowest BCUT2D eigenvalue weighted by molar-refractivity contribution is 0.413. The van der Waals surface area contributed by atoms with E-state index in [4.69, 9.17) is 4.74 Å². The highest BCUT2D eigenvalue weighted by molar-refractivity contribution is 7.98. The normalized spacial score (nSPS) is 14.5. The van der Waals surface area contributed by atoms with E-state index in [2.05, 4.69) is 75.5 Å². The molecule has 4 rings (SSSR count). The molecule has 0 spiro atoms. The van der Waals surface area contributed by atoms with Crippen molar-refractivity contribution in [3.8, 4) is 16.9 Å². The number of hydrogen-bond acceptors (Lipinski definition) is 3. The Morgan fingerprint density at radius 3 is 2.39 bits per heavy atom. The number of benzene rings is 3. The molecule has 3 aromatic carbocycles. The molecule has 1 heterocycles. The minimum atomic E-state index is -0.298. The summed E-state index contributed by atoms with van der Waals surface area (Å²) in [6, 6.07) is 17.6. The lowest BCUT2D eigenvalue weighted by atomic mass is 9.85. The zero-order valence-electron chi connectivity index (χ0n) is 18.7. The highest BCUT2D eigenvalue weighted by Gasteiger charge is 2.26. The van der Waals surface area contributed by atoms with E-state index in [1.807, 2.05) is 17.8 Å². The van der Waals surface area contributed by atoms with Crippen molar-refractivity contribution in [1.82, 2.24) is 0 Å². The largest absolute Gasteiger partial charge is 0.496 e. The number of halogens is 1. The van der Waals surface area contributed by atoms with Crippen LogP contribution in [0, 0.1) is 12.7 Å². The molecule has 160 valence electrons. The summed E-state index contributed by atoms with van der Waals surface area (Å²) in [5.74, 6) is 1.05. The Kier molecular flexibility index (Phi) is 5.85. The smallest absolute Gasteiger partial charge is 0.129 e. The van der Waals surface area contributed by atoms with Crippen LogP contribution >= 0.6 is 11.8 Å². The van der Waals surface area contributed by atoms with E-state index in [0.29, 0.717) is 5.75 Å². The number of nitrogens with one attached hydrogen (secondary N) is 1. The molecular formula is C27H28FNOS. The first kappa shape index (κ1) is 21.5. The van der Waals surface area contributed by atoms with Crippen LogP contribution in [0.3, 0.4) is 0 Å². The number of methoxy groups -OCH3 is 1. The first-order valence-electron chi connectivity index (χ1n) is 10.4. The fourth-order valence-corrected chi connectivity index (χ4v) is 5.22. The zero-order chi connectivity index (χ0) is 22.2. The molecule has 0 saturated carbocycles. The molecule has 0 bridgehead atoms. The minimum absolute atomic E-state index is 0.104. The number of aryl methyl sites for hydroxylation is 1. The molecule has 2 nitrogen and oxygen atoms in total. The van der Waals surface area contributed by atoms with E-state index in [-0.39, 0.29) is 11.4 Å². The Balaban J connectivity index is 1.85. The topological polar surface area (TPSA) is 21.3 Å². The average molecular weight is 434 g/mol. The van der Waals surface area contributed by atoms with Crippen molar-refractivity contribution in [3.63, 3.8) is 0 Å². The van der Waals surface area contributed by atoms with Crippen LogP contribution in [0.15, 0.2) is 65.6 Å². The molecule has 1 N–H and O–H groups in total. The molecule has 1 aliphatic heterocycles. The van der Waals surface area contributed by atoms with Gasteiger partial charge in [-0.15, -0.1) is 11.8 Å². The Bertz CT molecular complexity index is 1150. The third-order valence-corrected chi connectivity index (χ3v) is 6.64. The highest BCUT2D eigenvalue weighted by Crippen LogP contribution is 2.44. The maximum absolute atomic E-state index is 13.9. The Hall–Kier alpha value is -2.72. The molecule has 1 aliphatic rings. The Morgan fingerprint density at radius 1 is 0.968 bits per heavy atom. The molecule has 31 heavy (non-hydrogen) atoms. The third kappa shape index (κ3) is 4.49. The Labute approximate surface area is 188 Å². The van der Waals surface area contributed by atoms with Crippen LogP contribution in [-0.2, 0) is 5.75 Å². The lowest BCUT2D eigenvalue weighted by Gasteiger charge is -2.33. The summed E-state index contributed by atoms with van der Waals surface area (Å²) in [4.78, 5) is 1.23. The average Bonchev–Trinajstić information content (AvgIpc) is 2.72. The summed E-state index contributed by atoms with van der Waals surface area (Å²) >= 11 is 1.81. The fourth-order valence-electron chi connectivity index (χ4n) is 4.28. The Morgan fingerprint density at radius 2 is 1.68 bits per heavy atom. The molecule has 0 aromatic heterocycles. The number of fused-ring (bicyclic) bond motifs is 1. The van der Waals surface area contributed by atoms with Gasteiger partial charge in [-0.25, -0.2) is 4.39 Å². The molecule has 0 unspecified atom stereocenters. The number of thioether (sulfide) groups is 1. The number of ether oxygens (including phenoxy) is 1. The SMILES string of the molecule is COc1cc(F)ccc1-c1ccc2c(c1CSc1ccc(C)cc1)C(C)=CC(C)(C)N2. The van der Waals surface area contributed by atoms with Crippen LogP contribution in [0.4, 0.5) is 10.1 Å². The fraction of sp³-hybridized carbons (Fsp3) is 0.259. The standard InChI is InChI=1S/C27H28FNOS/c1-17-6-9-20(10-7-17)31-16-23-21(22-11-8-19(28)14-25(22)30-5)12-13-24-26(23)18(2)15-27(3,4)29-24/h6-15,29H,16H2,1-5H3. The number of rotatable bonds is 5. The maximum Gasteiger partial charge on any atom is 0.129 e. The monoisotopic (exact) mass is 433 g/mol. The van der Waals surface area contributed by atoms with E-state index >= 15 is 0 Å². The van der Waals surface area contributed by atoms with Crippen molar-refractivity contribution in [1.29, 1.82) is 0 Å². The summed E-state index contributed by atoms with van der Waals surface area (Å²) < 4.78 is 19.4. The molecule has 0 atom stereocenters. The van der Waals surface area contributed by atoms with Gasteiger partial charge in [-0.05, 0) is 74.7 Å². The lowest BCUT2D eigenvalue weighted by Crippen LogP contribution is -2.31. The molecule has 0 radical (unpaired) electrons. The van der Waals surface area contributed by atoms with Crippen LogP contribution < -0.4 is 10.1 Å². The summed E-state index contributed by atoms with van der Waals surface area (Å²) in [5, 5.41) is 3.65. The van der Waals surface area contributed by atoms with Crippen LogP contribution in [-0.4, -0.2) is 12.6 Å². The summed E-state index contributed by atoms with van der Waals surface area (Å²) in [5.41, 5.74) is 7.97. The first-order valence-corrected chi connectivity index (χ1v) is 11.4. The van der Waals surface area contributed by atoms with Crippen LogP contribution in [0.2, 0.25) is 0 Å².